The monoisotopic (exact) mass is 440 g/mol. The van der Waals surface area contributed by atoms with Gasteiger partial charge in [-0.05, 0) is 65.0 Å². The number of hydrogen-bond acceptors (Lipinski definition) is 4. The van der Waals surface area contributed by atoms with Gasteiger partial charge in [0, 0.05) is 10.9 Å². The highest BCUT2D eigenvalue weighted by Crippen LogP contribution is 2.41. The Kier molecular flexibility index (Phi) is 6.31. The van der Waals surface area contributed by atoms with Gasteiger partial charge in [0.25, 0.3) is 0 Å². The van der Waals surface area contributed by atoms with Crippen molar-refractivity contribution in [1.29, 1.82) is 0 Å². The Hall–Kier alpha value is -4.25. The maximum absolute atomic E-state index is 11.4. The number of carboxylic acid groups (broad SMARTS) is 1. The standard InChI is InChI=1S/C28H24O5/c1-4-24(28(29)30)18-7-12-22(13-8-18)33-27-25(19-5-10-21(31-2)11-6-19)15-9-20-17-23(32-3)14-16-26(20)27/h4-17,24H,1H2,2-3H3,(H,29,30). The van der Waals surface area contributed by atoms with Gasteiger partial charge in [-0.3, -0.25) is 4.79 Å². The molecule has 0 saturated heterocycles. The summed E-state index contributed by atoms with van der Waals surface area (Å²) in [5.41, 5.74) is 2.55. The summed E-state index contributed by atoms with van der Waals surface area (Å²) >= 11 is 0. The van der Waals surface area contributed by atoms with Crippen molar-refractivity contribution < 1.29 is 24.1 Å². The molecule has 4 aromatic carbocycles. The largest absolute Gasteiger partial charge is 0.497 e. The van der Waals surface area contributed by atoms with Crippen LogP contribution < -0.4 is 14.2 Å². The van der Waals surface area contributed by atoms with E-state index in [1.165, 1.54) is 6.08 Å². The highest BCUT2D eigenvalue weighted by atomic mass is 16.5. The van der Waals surface area contributed by atoms with Gasteiger partial charge in [0.2, 0.25) is 0 Å². The van der Waals surface area contributed by atoms with Gasteiger partial charge in [0.1, 0.15) is 23.0 Å². The number of benzene rings is 4. The molecule has 0 aliphatic carbocycles. The van der Waals surface area contributed by atoms with E-state index < -0.39 is 11.9 Å². The number of carboxylic acids is 1. The molecule has 0 fully saturated rings. The summed E-state index contributed by atoms with van der Waals surface area (Å²) in [6, 6.07) is 24.7. The smallest absolute Gasteiger partial charge is 0.314 e. The summed E-state index contributed by atoms with van der Waals surface area (Å²) in [7, 11) is 3.28. The molecule has 0 saturated carbocycles. The first-order valence-electron chi connectivity index (χ1n) is 10.4. The lowest BCUT2D eigenvalue weighted by molar-refractivity contribution is -0.137. The maximum Gasteiger partial charge on any atom is 0.314 e. The van der Waals surface area contributed by atoms with Crippen molar-refractivity contribution >= 4 is 16.7 Å². The van der Waals surface area contributed by atoms with Gasteiger partial charge in [-0.15, -0.1) is 6.58 Å². The third kappa shape index (κ3) is 4.53. The van der Waals surface area contributed by atoms with E-state index in [2.05, 4.69) is 6.58 Å². The van der Waals surface area contributed by atoms with E-state index >= 15 is 0 Å². The van der Waals surface area contributed by atoms with Crippen LogP contribution in [0.4, 0.5) is 0 Å². The zero-order chi connectivity index (χ0) is 23.4. The molecule has 0 aromatic heterocycles. The predicted octanol–water partition coefficient (Wildman–Crippen LogP) is 6.67. The van der Waals surface area contributed by atoms with E-state index in [4.69, 9.17) is 14.2 Å². The number of aliphatic carboxylic acids is 1. The molecule has 0 spiro atoms. The number of rotatable bonds is 8. The predicted molar refractivity (Wildman–Crippen MR) is 130 cm³/mol. The average Bonchev–Trinajstić information content (AvgIpc) is 2.85. The van der Waals surface area contributed by atoms with Crippen molar-refractivity contribution in [3.8, 4) is 34.1 Å². The molecule has 1 N–H and O–H groups in total. The van der Waals surface area contributed by atoms with Crippen LogP contribution in [0.15, 0.2) is 91.5 Å². The lowest BCUT2D eigenvalue weighted by Crippen LogP contribution is -2.08. The molecule has 0 aliphatic rings. The van der Waals surface area contributed by atoms with Crippen LogP contribution in [0.3, 0.4) is 0 Å². The summed E-state index contributed by atoms with van der Waals surface area (Å²) < 4.78 is 17.1. The first-order valence-corrected chi connectivity index (χ1v) is 10.4. The fraction of sp³-hybridized carbons (Fsp3) is 0.107. The Morgan fingerprint density at radius 1 is 0.848 bits per heavy atom. The Morgan fingerprint density at radius 2 is 1.48 bits per heavy atom. The molecule has 1 unspecified atom stereocenters. The fourth-order valence-electron chi connectivity index (χ4n) is 3.75. The van der Waals surface area contributed by atoms with Crippen LogP contribution in [-0.2, 0) is 4.79 Å². The molecule has 33 heavy (non-hydrogen) atoms. The molecule has 4 aromatic rings. The molecule has 4 rings (SSSR count). The molecule has 0 amide bonds. The number of hydrogen-bond donors (Lipinski definition) is 1. The third-order valence-electron chi connectivity index (χ3n) is 5.54. The second-order valence-electron chi connectivity index (χ2n) is 7.48. The topological polar surface area (TPSA) is 65.0 Å². The Balaban J connectivity index is 1.79. The van der Waals surface area contributed by atoms with Crippen LogP contribution in [0.2, 0.25) is 0 Å². The zero-order valence-electron chi connectivity index (χ0n) is 18.4. The van der Waals surface area contributed by atoms with E-state index in [1.54, 1.807) is 38.5 Å². The number of ether oxygens (including phenoxy) is 3. The minimum atomic E-state index is -0.941. The summed E-state index contributed by atoms with van der Waals surface area (Å²) in [4.78, 5) is 11.4. The summed E-state index contributed by atoms with van der Waals surface area (Å²) in [6.45, 7) is 3.62. The van der Waals surface area contributed by atoms with Crippen molar-refractivity contribution in [2.75, 3.05) is 14.2 Å². The van der Waals surface area contributed by atoms with Crippen molar-refractivity contribution in [3.05, 3.63) is 97.1 Å². The lowest BCUT2D eigenvalue weighted by atomic mass is 9.98. The molecule has 166 valence electrons. The first-order chi connectivity index (χ1) is 16.0. The van der Waals surface area contributed by atoms with Crippen LogP contribution in [-0.4, -0.2) is 25.3 Å². The fourth-order valence-corrected chi connectivity index (χ4v) is 3.75. The molecule has 1 atom stereocenters. The Labute approximate surface area is 192 Å². The summed E-state index contributed by atoms with van der Waals surface area (Å²) in [5, 5.41) is 11.3. The Bertz CT molecular complexity index is 1290. The summed E-state index contributed by atoms with van der Waals surface area (Å²) in [5.74, 6) is 1.13. The van der Waals surface area contributed by atoms with Crippen molar-refractivity contribution in [1.82, 2.24) is 0 Å². The van der Waals surface area contributed by atoms with Crippen LogP contribution in [0, 0.1) is 0 Å². The van der Waals surface area contributed by atoms with Crippen molar-refractivity contribution in [2.24, 2.45) is 0 Å². The number of methoxy groups -OCH3 is 2. The SMILES string of the molecule is C=CC(C(=O)O)c1ccc(Oc2c(-c3ccc(OC)cc3)ccc3cc(OC)ccc23)cc1. The van der Waals surface area contributed by atoms with Crippen LogP contribution in [0.5, 0.6) is 23.0 Å². The highest BCUT2D eigenvalue weighted by molar-refractivity contribution is 5.96. The minimum absolute atomic E-state index is 0.602. The molecular weight excluding hydrogens is 416 g/mol. The first kappa shape index (κ1) is 22.0. The van der Waals surface area contributed by atoms with Gasteiger partial charge < -0.3 is 19.3 Å². The van der Waals surface area contributed by atoms with Gasteiger partial charge >= 0.3 is 5.97 Å². The average molecular weight is 440 g/mol. The Morgan fingerprint density at radius 3 is 2.09 bits per heavy atom. The van der Waals surface area contributed by atoms with Gasteiger partial charge in [0.05, 0.1) is 20.1 Å². The van der Waals surface area contributed by atoms with Crippen LogP contribution in [0.1, 0.15) is 11.5 Å². The molecule has 0 aliphatic heterocycles. The van der Waals surface area contributed by atoms with Gasteiger partial charge in [-0.1, -0.05) is 36.4 Å². The maximum atomic E-state index is 11.4. The van der Waals surface area contributed by atoms with Crippen LogP contribution in [0.25, 0.3) is 21.9 Å². The van der Waals surface area contributed by atoms with Gasteiger partial charge in [0.15, 0.2) is 0 Å². The third-order valence-corrected chi connectivity index (χ3v) is 5.54. The molecule has 5 nitrogen and oxygen atoms in total. The minimum Gasteiger partial charge on any atom is -0.497 e. The number of fused-ring (bicyclic) bond motifs is 1. The van der Waals surface area contributed by atoms with Gasteiger partial charge in [-0.25, -0.2) is 0 Å². The molecule has 0 radical (unpaired) electrons. The molecule has 0 heterocycles. The van der Waals surface area contributed by atoms with Crippen molar-refractivity contribution in [3.63, 3.8) is 0 Å². The van der Waals surface area contributed by atoms with Crippen LogP contribution >= 0.6 is 0 Å². The summed E-state index contributed by atoms with van der Waals surface area (Å²) in [6.07, 6.45) is 1.41. The second kappa shape index (κ2) is 9.49. The molecule has 5 heteroatoms. The van der Waals surface area contributed by atoms with Gasteiger partial charge in [-0.2, -0.15) is 0 Å². The van der Waals surface area contributed by atoms with E-state index in [0.717, 1.165) is 33.4 Å². The molecular formula is C28H24O5. The number of carbonyl (C=O) groups is 1. The second-order valence-corrected chi connectivity index (χ2v) is 7.48. The normalized spacial score (nSPS) is 11.6. The van der Waals surface area contributed by atoms with E-state index in [9.17, 15) is 9.90 Å². The lowest BCUT2D eigenvalue weighted by Gasteiger charge is -2.16. The quantitative estimate of drug-likeness (QED) is 0.310. The van der Waals surface area contributed by atoms with E-state index in [-0.39, 0.29) is 0 Å². The zero-order valence-corrected chi connectivity index (χ0v) is 18.4. The molecule has 0 bridgehead atoms. The highest BCUT2D eigenvalue weighted by Gasteiger charge is 2.17. The van der Waals surface area contributed by atoms with Crippen molar-refractivity contribution in [2.45, 2.75) is 5.92 Å². The van der Waals surface area contributed by atoms with E-state index in [0.29, 0.717) is 17.1 Å². The van der Waals surface area contributed by atoms with E-state index in [1.807, 2.05) is 54.6 Å².